The summed E-state index contributed by atoms with van der Waals surface area (Å²) in [6.45, 7) is 2.74. The molecule has 2 amide bonds. The second-order valence-corrected chi connectivity index (χ2v) is 6.44. The zero-order valence-electron chi connectivity index (χ0n) is 14.5. The standard InChI is InChI=1S/C17H25N3O4/c1-12-5-6-13(15(22)19(12)2)16(23)20-10-4-8-17(11-20,24-3)9-7-14(18)21/h5-6H,4,7-11H2,1-3H3,(H2,18,21)/t17-/m0/s1. The highest BCUT2D eigenvalue weighted by atomic mass is 16.5. The van der Waals surface area contributed by atoms with Crippen molar-refractivity contribution in [1.29, 1.82) is 0 Å². The van der Waals surface area contributed by atoms with E-state index in [0.717, 1.165) is 18.5 Å². The van der Waals surface area contributed by atoms with Gasteiger partial charge in [0.15, 0.2) is 0 Å². The molecule has 1 atom stereocenters. The number of carbonyl (C=O) groups is 2. The third-order valence-corrected chi connectivity index (χ3v) is 4.87. The van der Waals surface area contributed by atoms with Crippen molar-refractivity contribution in [3.63, 3.8) is 0 Å². The first-order chi connectivity index (χ1) is 11.3. The topological polar surface area (TPSA) is 94.6 Å². The largest absolute Gasteiger partial charge is 0.376 e. The number of aromatic nitrogens is 1. The number of carbonyl (C=O) groups excluding carboxylic acids is 2. The van der Waals surface area contributed by atoms with Crippen molar-refractivity contribution in [2.24, 2.45) is 12.8 Å². The average molecular weight is 335 g/mol. The van der Waals surface area contributed by atoms with Crippen molar-refractivity contribution in [2.45, 2.75) is 38.2 Å². The molecule has 0 radical (unpaired) electrons. The van der Waals surface area contributed by atoms with Gasteiger partial charge in [-0.3, -0.25) is 14.4 Å². The molecule has 1 aromatic rings. The van der Waals surface area contributed by atoms with Gasteiger partial charge in [0.1, 0.15) is 5.56 Å². The SMILES string of the molecule is CO[C@]1(CCC(N)=O)CCCN(C(=O)c2ccc(C)n(C)c2=O)C1. The third kappa shape index (κ3) is 3.67. The maximum absolute atomic E-state index is 12.8. The molecule has 2 heterocycles. The van der Waals surface area contributed by atoms with E-state index in [1.807, 2.05) is 6.92 Å². The molecule has 1 fully saturated rings. The fourth-order valence-corrected chi connectivity index (χ4v) is 3.16. The molecule has 24 heavy (non-hydrogen) atoms. The van der Waals surface area contributed by atoms with Crippen LogP contribution in [0.25, 0.3) is 0 Å². The van der Waals surface area contributed by atoms with Gasteiger partial charge in [0.25, 0.3) is 11.5 Å². The monoisotopic (exact) mass is 335 g/mol. The minimum Gasteiger partial charge on any atom is -0.376 e. The first kappa shape index (κ1) is 18.2. The number of pyridine rings is 1. The quantitative estimate of drug-likeness (QED) is 0.851. The van der Waals surface area contributed by atoms with Gasteiger partial charge in [-0.25, -0.2) is 0 Å². The number of aryl methyl sites for hydroxylation is 1. The van der Waals surface area contributed by atoms with Gasteiger partial charge in [0.05, 0.1) is 5.60 Å². The Kier molecular flexibility index (Phi) is 5.43. The molecule has 0 bridgehead atoms. The van der Waals surface area contributed by atoms with Gasteiger partial charge >= 0.3 is 0 Å². The lowest BCUT2D eigenvalue weighted by molar-refractivity contribution is -0.121. The van der Waals surface area contributed by atoms with Crippen LogP contribution in [0.3, 0.4) is 0 Å². The zero-order valence-corrected chi connectivity index (χ0v) is 14.5. The van der Waals surface area contributed by atoms with Crippen molar-refractivity contribution in [3.05, 3.63) is 33.7 Å². The number of hydrogen-bond donors (Lipinski definition) is 1. The number of likely N-dealkylation sites (tertiary alicyclic amines) is 1. The zero-order chi connectivity index (χ0) is 17.9. The van der Waals surface area contributed by atoms with Crippen LogP contribution in [-0.2, 0) is 16.6 Å². The van der Waals surface area contributed by atoms with E-state index in [1.165, 1.54) is 4.57 Å². The van der Waals surface area contributed by atoms with Crippen LogP contribution in [0.1, 0.15) is 41.7 Å². The highest BCUT2D eigenvalue weighted by Gasteiger charge is 2.38. The van der Waals surface area contributed by atoms with Crippen LogP contribution in [0, 0.1) is 6.92 Å². The Morgan fingerprint density at radius 2 is 2.08 bits per heavy atom. The summed E-state index contributed by atoms with van der Waals surface area (Å²) in [5.74, 6) is -0.682. The molecule has 0 saturated carbocycles. The summed E-state index contributed by atoms with van der Waals surface area (Å²) in [4.78, 5) is 37.9. The van der Waals surface area contributed by atoms with Crippen molar-refractivity contribution in [3.8, 4) is 0 Å². The van der Waals surface area contributed by atoms with Gasteiger partial charge in [-0.15, -0.1) is 0 Å². The summed E-state index contributed by atoms with van der Waals surface area (Å²) in [6.07, 6.45) is 2.19. The Morgan fingerprint density at radius 3 is 2.71 bits per heavy atom. The summed E-state index contributed by atoms with van der Waals surface area (Å²) in [7, 11) is 3.23. The van der Waals surface area contributed by atoms with Crippen LogP contribution in [0.4, 0.5) is 0 Å². The van der Waals surface area contributed by atoms with E-state index in [0.29, 0.717) is 19.5 Å². The molecule has 0 aliphatic carbocycles. The van der Waals surface area contributed by atoms with E-state index in [9.17, 15) is 14.4 Å². The first-order valence-electron chi connectivity index (χ1n) is 8.09. The van der Waals surface area contributed by atoms with E-state index in [4.69, 9.17) is 10.5 Å². The number of methoxy groups -OCH3 is 1. The molecule has 1 saturated heterocycles. The van der Waals surface area contributed by atoms with E-state index in [1.54, 1.807) is 31.2 Å². The Labute approximate surface area is 141 Å². The fourth-order valence-electron chi connectivity index (χ4n) is 3.16. The molecule has 0 aromatic carbocycles. The number of ether oxygens (including phenoxy) is 1. The predicted molar refractivity (Wildman–Crippen MR) is 89.7 cm³/mol. The van der Waals surface area contributed by atoms with Crippen LogP contribution < -0.4 is 11.3 Å². The molecule has 2 N–H and O–H groups in total. The Bertz CT molecular complexity index is 698. The lowest BCUT2D eigenvalue weighted by atomic mass is 9.87. The normalized spacial score (nSPS) is 20.9. The first-order valence-corrected chi connectivity index (χ1v) is 8.09. The molecule has 2 rings (SSSR count). The van der Waals surface area contributed by atoms with E-state index >= 15 is 0 Å². The molecular weight excluding hydrogens is 310 g/mol. The Morgan fingerprint density at radius 1 is 1.38 bits per heavy atom. The van der Waals surface area contributed by atoms with Crippen LogP contribution in [0.2, 0.25) is 0 Å². The number of nitrogens with two attached hydrogens (primary N) is 1. The molecule has 0 unspecified atom stereocenters. The maximum atomic E-state index is 12.8. The highest BCUT2D eigenvalue weighted by Crippen LogP contribution is 2.29. The predicted octanol–water partition coefficient (Wildman–Crippen LogP) is 0.580. The molecule has 1 aliphatic heterocycles. The summed E-state index contributed by atoms with van der Waals surface area (Å²) in [5, 5.41) is 0. The van der Waals surface area contributed by atoms with Crippen LogP contribution in [-0.4, -0.2) is 47.1 Å². The molecular formula is C17H25N3O4. The summed E-state index contributed by atoms with van der Waals surface area (Å²) in [6, 6.07) is 3.34. The number of rotatable bonds is 5. The summed E-state index contributed by atoms with van der Waals surface area (Å²) < 4.78 is 7.10. The Balaban J connectivity index is 2.22. The second kappa shape index (κ2) is 7.17. The van der Waals surface area contributed by atoms with Gasteiger partial charge in [-0.05, 0) is 38.3 Å². The van der Waals surface area contributed by atoms with Crippen LogP contribution in [0.5, 0.6) is 0 Å². The minimum atomic E-state index is -0.584. The van der Waals surface area contributed by atoms with Crippen LogP contribution >= 0.6 is 0 Å². The lowest BCUT2D eigenvalue weighted by Crippen LogP contribution is -2.52. The average Bonchev–Trinajstić information content (AvgIpc) is 2.58. The van der Waals surface area contributed by atoms with Gasteiger partial charge < -0.3 is 19.9 Å². The second-order valence-electron chi connectivity index (χ2n) is 6.44. The van der Waals surface area contributed by atoms with E-state index < -0.39 is 5.60 Å². The molecule has 7 heteroatoms. The van der Waals surface area contributed by atoms with Gasteiger partial charge in [-0.1, -0.05) is 0 Å². The number of nitrogens with zero attached hydrogens (tertiary/aromatic N) is 2. The van der Waals surface area contributed by atoms with Crippen LogP contribution in [0.15, 0.2) is 16.9 Å². The third-order valence-electron chi connectivity index (χ3n) is 4.87. The molecule has 132 valence electrons. The maximum Gasteiger partial charge on any atom is 0.263 e. The van der Waals surface area contributed by atoms with Gasteiger partial charge in [-0.2, -0.15) is 0 Å². The molecule has 0 spiro atoms. The molecule has 1 aliphatic rings. The number of piperidine rings is 1. The minimum absolute atomic E-state index is 0.157. The van der Waals surface area contributed by atoms with Crippen molar-refractivity contribution in [1.82, 2.24) is 9.47 Å². The van der Waals surface area contributed by atoms with E-state index in [-0.39, 0.29) is 29.4 Å². The van der Waals surface area contributed by atoms with Crippen molar-refractivity contribution >= 4 is 11.8 Å². The Hall–Kier alpha value is -2.15. The fraction of sp³-hybridized carbons (Fsp3) is 0.588. The summed E-state index contributed by atoms with van der Waals surface area (Å²) >= 11 is 0. The van der Waals surface area contributed by atoms with Gasteiger partial charge in [0.2, 0.25) is 5.91 Å². The lowest BCUT2D eigenvalue weighted by Gasteiger charge is -2.41. The summed E-state index contributed by atoms with van der Waals surface area (Å²) in [5.41, 5.74) is 5.31. The number of amides is 2. The van der Waals surface area contributed by atoms with Crippen molar-refractivity contribution < 1.29 is 14.3 Å². The van der Waals surface area contributed by atoms with E-state index in [2.05, 4.69) is 0 Å². The smallest absolute Gasteiger partial charge is 0.263 e. The van der Waals surface area contributed by atoms with Gasteiger partial charge in [0, 0.05) is 39.4 Å². The molecule has 7 nitrogen and oxygen atoms in total. The number of primary amides is 1. The highest BCUT2D eigenvalue weighted by molar-refractivity contribution is 5.94. The molecule has 1 aromatic heterocycles. The van der Waals surface area contributed by atoms with Crippen molar-refractivity contribution in [2.75, 3.05) is 20.2 Å². The number of hydrogen-bond acceptors (Lipinski definition) is 4.